The molecule has 0 aliphatic rings. The number of rotatable bonds is 7. The molecule has 26 heavy (non-hydrogen) atoms. The predicted octanol–water partition coefficient (Wildman–Crippen LogP) is 2.41. The number of thioether (sulfide) groups is 1. The Morgan fingerprint density at radius 1 is 1.15 bits per heavy atom. The Labute approximate surface area is 156 Å². The summed E-state index contributed by atoms with van der Waals surface area (Å²) in [4.78, 5) is 26.9. The minimum absolute atomic E-state index is 0.0573. The summed E-state index contributed by atoms with van der Waals surface area (Å²) in [6.07, 6.45) is 0.823. The quantitative estimate of drug-likeness (QED) is 0.595. The van der Waals surface area contributed by atoms with Crippen molar-refractivity contribution in [3.63, 3.8) is 0 Å². The molecule has 0 N–H and O–H groups in total. The lowest BCUT2D eigenvalue weighted by Gasteiger charge is -2.17. The Balaban J connectivity index is 2.08. The molecule has 0 bridgehead atoms. The third kappa shape index (κ3) is 3.21. The lowest BCUT2D eigenvalue weighted by molar-refractivity contribution is -0.127. The molecule has 0 aliphatic carbocycles. The van der Waals surface area contributed by atoms with Gasteiger partial charge in [0.1, 0.15) is 0 Å². The summed E-state index contributed by atoms with van der Waals surface area (Å²) < 4.78 is 3.54. The fraction of sp³-hybridized carbons (Fsp3) is 0.444. The fourth-order valence-electron chi connectivity index (χ4n) is 3.05. The molecule has 0 atom stereocenters. The molecule has 0 radical (unpaired) electrons. The molecule has 3 rings (SSSR count). The number of hydrogen-bond donors (Lipinski definition) is 0. The molecular formula is C18H23N5O2S. The van der Waals surface area contributed by atoms with Crippen molar-refractivity contribution < 1.29 is 4.79 Å². The molecule has 0 aliphatic heterocycles. The highest BCUT2D eigenvalue weighted by Crippen LogP contribution is 2.22. The normalized spacial score (nSPS) is 11.3. The molecule has 7 nitrogen and oxygen atoms in total. The molecule has 0 fully saturated rings. The van der Waals surface area contributed by atoms with Crippen molar-refractivity contribution in [1.29, 1.82) is 0 Å². The standard InChI is InChI=1S/C18H23N5O2S/c1-4-11-22-16(25)13-9-7-8-10-14(13)23-17(22)19-20-18(23)26-12-15(24)21(5-2)6-3/h7-10H,4-6,11-12H2,1-3H3. The molecule has 1 amide bonds. The van der Waals surface area contributed by atoms with Crippen LogP contribution >= 0.6 is 11.8 Å². The van der Waals surface area contributed by atoms with E-state index < -0.39 is 0 Å². The van der Waals surface area contributed by atoms with Crippen LogP contribution < -0.4 is 5.56 Å². The zero-order valence-corrected chi connectivity index (χ0v) is 16.1. The smallest absolute Gasteiger partial charge is 0.262 e. The zero-order chi connectivity index (χ0) is 18.7. The van der Waals surface area contributed by atoms with E-state index in [9.17, 15) is 9.59 Å². The second-order valence-electron chi connectivity index (χ2n) is 5.95. The largest absolute Gasteiger partial charge is 0.343 e. The summed E-state index contributed by atoms with van der Waals surface area (Å²) in [5.41, 5.74) is 0.709. The van der Waals surface area contributed by atoms with Crippen molar-refractivity contribution in [1.82, 2.24) is 24.1 Å². The molecule has 8 heteroatoms. The van der Waals surface area contributed by atoms with E-state index in [0.29, 0.717) is 41.7 Å². The Morgan fingerprint density at radius 3 is 2.58 bits per heavy atom. The first kappa shape index (κ1) is 18.4. The monoisotopic (exact) mass is 373 g/mol. The molecule has 1 aromatic carbocycles. The first-order chi connectivity index (χ1) is 12.6. The van der Waals surface area contributed by atoms with Crippen LogP contribution in [0.15, 0.2) is 34.2 Å². The van der Waals surface area contributed by atoms with E-state index in [2.05, 4.69) is 10.2 Å². The molecular weight excluding hydrogens is 350 g/mol. The first-order valence-corrected chi connectivity index (χ1v) is 9.88. The van der Waals surface area contributed by atoms with Crippen LogP contribution in [0.3, 0.4) is 0 Å². The number of amides is 1. The lowest BCUT2D eigenvalue weighted by Crippen LogP contribution is -2.31. The number of benzene rings is 1. The molecule has 3 aromatic rings. The van der Waals surface area contributed by atoms with Gasteiger partial charge in [0.25, 0.3) is 5.56 Å². The van der Waals surface area contributed by atoms with Crippen LogP contribution in [0.1, 0.15) is 27.2 Å². The summed E-state index contributed by atoms with van der Waals surface area (Å²) in [6, 6.07) is 7.45. The summed E-state index contributed by atoms with van der Waals surface area (Å²) in [5.74, 6) is 0.889. The number of aromatic nitrogens is 4. The number of carbonyl (C=O) groups is 1. The number of fused-ring (bicyclic) bond motifs is 3. The van der Waals surface area contributed by atoms with Crippen LogP contribution in [0.5, 0.6) is 0 Å². The maximum Gasteiger partial charge on any atom is 0.262 e. The maximum absolute atomic E-state index is 12.8. The number of carbonyl (C=O) groups excluding carboxylic acids is 1. The van der Waals surface area contributed by atoms with Crippen molar-refractivity contribution in [2.45, 2.75) is 38.9 Å². The number of nitrogens with zero attached hydrogens (tertiary/aromatic N) is 5. The summed E-state index contributed by atoms with van der Waals surface area (Å²) in [6.45, 7) is 7.91. The second kappa shape index (κ2) is 7.90. The van der Waals surface area contributed by atoms with Gasteiger partial charge in [0.15, 0.2) is 5.16 Å². The van der Waals surface area contributed by atoms with E-state index in [1.807, 2.05) is 49.4 Å². The predicted molar refractivity (Wildman–Crippen MR) is 104 cm³/mol. The third-order valence-electron chi connectivity index (χ3n) is 4.37. The zero-order valence-electron chi connectivity index (χ0n) is 15.3. The first-order valence-electron chi connectivity index (χ1n) is 8.89. The highest BCUT2D eigenvalue weighted by molar-refractivity contribution is 7.99. The second-order valence-corrected chi connectivity index (χ2v) is 6.89. The number of aryl methyl sites for hydroxylation is 1. The Morgan fingerprint density at radius 2 is 1.88 bits per heavy atom. The SMILES string of the molecule is CCCn1c(=O)c2ccccc2n2c(SCC(=O)N(CC)CC)nnc12. The molecule has 138 valence electrons. The average molecular weight is 373 g/mol. The summed E-state index contributed by atoms with van der Waals surface area (Å²) in [7, 11) is 0. The molecule has 0 saturated carbocycles. The van der Waals surface area contributed by atoms with Gasteiger partial charge in [0.2, 0.25) is 11.7 Å². The van der Waals surface area contributed by atoms with E-state index >= 15 is 0 Å². The Bertz CT molecular complexity index is 990. The van der Waals surface area contributed by atoms with Gasteiger partial charge in [0.05, 0.1) is 16.7 Å². The topological polar surface area (TPSA) is 72.5 Å². The van der Waals surface area contributed by atoms with E-state index in [0.717, 1.165) is 11.9 Å². The van der Waals surface area contributed by atoms with Crippen LogP contribution in [0.25, 0.3) is 16.7 Å². The van der Waals surface area contributed by atoms with Gasteiger partial charge in [0, 0.05) is 19.6 Å². The van der Waals surface area contributed by atoms with E-state index in [1.54, 1.807) is 9.47 Å². The third-order valence-corrected chi connectivity index (χ3v) is 5.28. The molecule has 2 heterocycles. The van der Waals surface area contributed by atoms with Crippen LogP contribution in [0.4, 0.5) is 0 Å². The van der Waals surface area contributed by atoms with Gasteiger partial charge in [-0.1, -0.05) is 30.8 Å². The highest BCUT2D eigenvalue weighted by atomic mass is 32.2. The minimum Gasteiger partial charge on any atom is -0.343 e. The van der Waals surface area contributed by atoms with Crippen LogP contribution in [-0.2, 0) is 11.3 Å². The van der Waals surface area contributed by atoms with Crippen molar-refractivity contribution in [2.24, 2.45) is 0 Å². The van der Waals surface area contributed by atoms with Crippen molar-refractivity contribution >= 4 is 34.3 Å². The van der Waals surface area contributed by atoms with E-state index in [-0.39, 0.29) is 11.5 Å². The molecule has 2 aromatic heterocycles. The molecule has 0 spiro atoms. The van der Waals surface area contributed by atoms with Crippen LogP contribution in [0, 0.1) is 0 Å². The van der Waals surface area contributed by atoms with Crippen molar-refractivity contribution in [3.05, 3.63) is 34.6 Å². The van der Waals surface area contributed by atoms with Gasteiger partial charge in [-0.15, -0.1) is 10.2 Å². The number of para-hydroxylation sites is 1. The van der Waals surface area contributed by atoms with Gasteiger partial charge in [-0.05, 0) is 32.4 Å². The van der Waals surface area contributed by atoms with Gasteiger partial charge in [-0.3, -0.25) is 18.6 Å². The van der Waals surface area contributed by atoms with E-state index in [1.165, 1.54) is 11.8 Å². The van der Waals surface area contributed by atoms with Crippen molar-refractivity contribution in [2.75, 3.05) is 18.8 Å². The van der Waals surface area contributed by atoms with Gasteiger partial charge in [-0.2, -0.15) is 0 Å². The highest BCUT2D eigenvalue weighted by Gasteiger charge is 2.18. The van der Waals surface area contributed by atoms with Gasteiger partial charge < -0.3 is 4.90 Å². The van der Waals surface area contributed by atoms with Crippen LogP contribution in [-0.4, -0.2) is 48.8 Å². The summed E-state index contributed by atoms with van der Waals surface area (Å²) >= 11 is 1.35. The lowest BCUT2D eigenvalue weighted by atomic mass is 10.2. The van der Waals surface area contributed by atoms with Gasteiger partial charge >= 0.3 is 0 Å². The van der Waals surface area contributed by atoms with Gasteiger partial charge in [-0.25, -0.2) is 0 Å². The fourth-order valence-corrected chi connectivity index (χ4v) is 3.89. The molecule has 0 saturated heterocycles. The maximum atomic E-state index is 12.8. The average Bonchev–Trinajstić information content (AvgIpc) is 3.08. The Hall–Kier alpha value is -2.35. The van der Waals surface area contributed by atoms with E-state index in [4.69, 9.17) is 0 Å². The number of hydrogen-bond acceptors (Lipinski definition) is 5. The van der Waals surface area contributed by atoms with Crippen molar-refractivity contribution in [3.8, 4) is 0 Å². The van der Waals surface area contributed by atoms with Crippen LogP contribution in [0.2, 0.25) is 0 Å². The molecule has 0 unspecified atom stereocenters. The Kier molecular flexibility index (Phi) is 5.61. The minimum atomic E-state index is -0.0573. The summed E-state index contributed by atoms with van der Waals surface area (Å²) in [5, 5.41) is 9.76.